The molecule has 17 heavy (non-hydrogen) atoms. The summed E-state index contributed by atoms with van der Waals surface area (Å²) in [7, 11) is 0. The van der Waals surface area contributed by atoms with Crippen LogP contribution in [0.3, 0.4) is 0 Å². The lowest BCUT2D eigenvalue weighted by Gasteiger charge is -2.08. The van der Waals surface area contributed by atoms with Crippen LogP contribution in [-0.4, -0.2) is 28.4 Å². The molecule has 1 aromatic rings. The number of phenolic OH excluding ortho intramolecular Hbond substituents is 1. The number of thioether (sulfide) groups is 1. The van der Waals surface area contributed by atoms with Gasteiger partial charge in [-0.2, -0.15) is 11.8 Å². The van der Waals surface area contributed by atoms with Gasteiger partial charge in [0.25, 0.3) is 0 Å². The third-order valence-electron chi connectivity index (χ3n) is 2.24. The maximum absolute atomic E-state index is 11.3. The number of rotatable bonds is 6. The third kappa shape index (κ3) is 4.22. The van der Waals surface area contributed by atoms with Crippen LogP contribution >= 0.6 is 23.4 Å². The standard InChI is InChI=1S/C12H15ClO3S/c1-8(15)11-6-10(13)5-9(12(11)16)7-17-4-2-3-14/h5-6,14,16H,2-4,7H2,1H3. The van der Waals surface area contributed by atoms with Crippen LogP contribution in [0.25, 0.3) is 0 Å². The number of aliphatic hydroxyl groups excluding tert-OH is 1. The van der Waals surface area contributed by atoms with Gasteiger partial charge in [0.05, 0.1) is 5.56 Å². The minimum atomic E-state index is -0.202. The van der Waals surface area contributed by atoms with Crippen molar-refractivity contribution in [2.45, 2.75) is 19.1 Å². The Labute approximate surface area is 110 Å². The number of phenols is 1. The van der Waals surface area contributed by atoms with Crippen molar-refractivity contribution in [1.29, 1.82) is 0 Å². The fourth-order valence-electron chi connectivity index (χ4n) is 1.38. The summed E-state index contributed by atoms with van der Waals surface area (Å²) in [6, 6.07) is 3.14. The fraction of sp³-hybridized carbons (Fsp3) is 0.417. The molecule has 94 valence electrons. The average Bonchev–Trinajstić information content (AvgIpc) is 2.28. The van der Waals surface area contributed by atoms with E-state index in [0.29, 0.717) is 22.8 Å². The zero-order chi connectivity index (χ0) is 12.8. The Kier molecular flexibility index (Phi) is 5.82. The van der Waals surface area contributed by atoms with Crippen LogP contribution in [0, 0.1) is 0 Å². The van der Waals surface area contributed by atoms with Crippen molar-refractivity contribution < 1.29 is 15.0 Å². The largest absolute Gasteiger partial charge is 0.507 e. The van der Waals surface area contributed by atoms with Gasteiger partial charge in [0, 0.05) is 22.9 Å². The third-order valence-corrected chi connectivity index (χ3v) is 3.55. The lowest BCUT2D eigenvalue weighted by Crippen LogP contribution is -1.96. The van der Waals surface area contributed by atoms with Crippen LogP contribution in [0.2, 0.25) is 5.02 Å². The van der Waals surface area contributed by atoms with Gasteiger partial charge in [-0.25, -0.2) is 0 Å². The highest BCUT2D eigenvalue weighted by Crippen LogP contribution is 2.30. The van der Waals surface area contributed by atoms with Crippen molar-refractivity contribution in [3.8, 4) is 5.75 Å². The molecule has 0 spiro atoms. The zero-order valence-electron chi connectivity index (χ0n) is 9.57. The molecule has 5 heteroatoms. The molecular formula is C12H15ClO3S. The lowest BCUT2D eigenvalue weighted by atomic mass is 10.1. The second-order valence-corrected chi connectivity index (χ2v) is 5.19. The smallest absolute Gasteiger partial charge is 0.163 e. The van der Waals surface area contributed by atoms with E-state index < -0.39 is 0 Å². The Hall–Kier alpha value is -0.710. The molecule has 0 saturated carbocycles. The quantitative estimate of drug-likeness (QED) is 0.619. The molecule has 3 nitrogen and oxygen atoms in total. The van der Waals surface area contributed by atoms with E-state index in [2.05, 4.69) is 0 Å². The van der Waals surface area contributed by atoms with E-state index in [1.54, 1.807) is 17.8 Å². The molecule has 0 aromatic heterocycles. The van der Waals surface area contributed by atoms with Crippen LogP contribution in [0.15, 0.2) is 12.1 Å². The molecule has 0 aliphatic carbocycles. The van der Waals surface area contributed by atoms with Gasteiger partial charge in [-0.05, 0) is 31.2 Å². The van der Waals surface area contributed by atoms with E-state index in [0.717, 1.165) is 5.75 Å². The summed E-state index contributed by atoms with van der Waals surface area (Å²) in [5.74, 6) is 1.19. The minimum absolute atomic E-state index is 0.0124. The molecule has 1 rings (SSSR count). The first-order valence-corrected chi connectivity index (χ1v) is 6.80. The van der Waals surface area contributed by atoms with Crippen molar-refractivity contribution in [3.63, 3.8) is 0 Å². The Morgan fingerprint density at radius 2 is 2.18 bits per heavy atom. The van der Waals surface area contributed by atoms with Gasteiger partial charge in [0.15, 0.2) is 5.78 Å². The summed E-state index contributed by atoms with van der Waals surface area (Å²) in [6.07, 6.45) is 0.714. The number of Topliss-reactive ketones (excluding diaryl/α,β-unsaturated/α-hetero) is 1. The van der Waals surface area contributed by atoms with Gasteiger partial charge in [0.1, 0.15) is 5.75 Å². The molecule has 0 aliphatic heterocycles. The number of aromatic hydroxyl groups is 1. The minimum Gasteiger partial charge on any atom is -0.507 e. The second-order valence-electron chi connectivity index (χ2n) is 3.65. The molecule has 0 unspecified atom stereocenters. The number of ketones is 1. The van der Waals surface area contributed by atoms with Gasteiger partial charge >= 0.3 is 0 Å². The SMILES string of the molecule is CC(=O)c1cc(Cl)cc(CSCCCO)c1O. The van der Waals surface area contributed by atoms with Gasteiger partial charge in [-0.3, -0.25) is 4.79 Å². The van der Waals surface area contributed by atoms with E-state index in [1.807, 2.05) is 0 Å². The van der Waals surface area contributed by atoms with Crippen LogP contribution in [0.1, 0.15) is 29.3 Å². The molecule has 0 aliphatic rings. The number of halogens is 1. The Balaban J connectivity index is 2.81. The molecule has 2 N–H and O–H groups in total. The Morgan fingerprint density at radius 1 is 1.47 bits per heavy atom. The molecular weight excluding hydrogens is 260 g/mol. The van der Waals surface area contributed by atoms with Crippen molar-refractivity contribution in [1.82, 2.24) is 0 Å². The maximum Gasteiger partial charge on any atom is 0.163 e. The number of carbonyl (C=O) groups is 1. The Morgan fingerprint density at radius 3 is 2.76 bits per heavy atom. The summed E-state index contributed by atoms with van der Waals surface area (Å²) in [6.45, 7) is 1.56. The summed E-state index contributed by atoms with van der Waals surface area (Å²) in [4.78, 5) is 11.3. The molecule has 0 atom stereocenters. The predicted molar refractivity (Wildman–Crippen MR) is 71.0 cm³/mol. The number of hydrogen-bond donors (Lipinski definition) is 2. The first-order valence-electron chi connectivity index (χ1n) is 5.27. The summed E-state index contributed by atoms with van der Waals surface area (Å²) < 4.78 is 0. The highest BCUT2D eigenvalue weighted by Gasteiger charge is 2.12. The van der Waals surface area contributed by atoms with Crippen LogP contribution in [0.4, 0.5) is 0 Å². The lowest BCUT2D eigenvalue weighted by molar-refractivity contribution is 0.101. The summed E-state index contributed by atoms with van der Waals surface area (Å²) >= 11 is 7.48. The summed E-state index contributed by atoms with van der Waals surface area (Å²) in [5.41, 5.74) is 0.917. The predicted octanol–water partition coefficient (Wildman–Crippen LogP) is 2.86. The number of carbonyl (C=O) groups excluding carboxylic acids is 1. The van der Waals surface area contributed by atoms with E-state index in [1.165, 1.54) is 13.0 Å². The van der Waals surface area contributed by atoms with Gasteiger partial charge in [0.2, 0.25) is 0 Å². The van der Waals surface area contributed by atoms with Crippen LogP contribution in [0.5, 0.6) is 5.75 Å². The molecule has 0 radical (unpaired) electrons. The summed E-state index contributed by atoms with van der Waals surface area (Å²) in [5, 5.41) is 19.0. The van der Waals surface area contributed by atoms with E-state index in [4.69, 9.17) is 16.7 Å². The van der Waals surface area contributed by atoms with E-state index >= 15 is 0 Å². The monoisotopic (exact) mass is 274 g/mol. The zero-order valence-corrected chi connectivity index (χ0v) is 11.1. The molecule has 0 amide bonds. The molecule has 0 bridgehead atoms. The highest BCUT2D eigenvalue weighted by molar-refractivity contribution is 7.98. The molecule has 0 fully saturated rings. The molecule has 0 heterocycles. The van der Waals surface area contributed by atoms with Crippen LogP contribution in [-0.2, 0) is 5.75 Å². The molecule has 1 aromatic carbocycles. The first-order chi connectivity index (χ1) is 8.06. The van der Waals surface area contributed by atoms with Crippen molar-refractivity contribution in [3.05, 3.63) is 28.3 Å². The second kappa shape index (κ2) is 6.89. The number of hydrogen-bond acceptors (Lipinski definition) is 4. The molecule has 0 saturated heterocycles. The number of aliphatic hydroxyl groups is 1. The fourth-order valence-corrected chi connectivity index (χ4v) is 2.54. The highest BCUT2D eigenvalue weighted by atomic mass is 35.5. The normalized spacial score (nSPS) is 10.5. The topological polar surface area (TPSA) is 57.5 Å². The van der Waals surface area contributed by atoms with Gasteiger partial charge in [-0.15, -0.1) is 0 Å². The van der Waals surface area contributed by atoms with Crippen LogP contribution < -0.4 is 0 Å². The Bertz CT molecular complexity index is 407. The maximum atomic E-state index is 11.3. The number of benzene rings is 1. The van der Waals surface area contributed by atoms with Crippen molar-refractivity contribution in [2.24, 2.45) is 0 Å². The average molecular weight is 275 g/mol. The van der Waals surface area contributed by atoms with Gasteiger partial charge < -0.3 is 10.2 Å². The van der Waals surface area contributed by atoms with Gasteiger partial charge in [-0.1, -0.05) is 11.6 Å². The first kappa shape index (κ1) is 14.4. The van der Waals surface area contributed by atoms with Crippen molar-refractivity contribution in [2.75, 3.05) is 12.4 Å². The van der Waals surface area contributed by atoms with Crippen molar-refractivity contribution >= 4 is 29.1 Å². The van der Waals surface area contributed by atoms with E-state index in [9.17, 15) is 9.90 Å². The van der Waals surface area contributed by atoms with E-state index in [-0.39, 0.29) is 23.7 Å².